The molecule has 1 N–H and O–H groups in total. The van der Waals surface area contributed by atoms with Crippen LogP contribution in [0.5, 0.6) is 0 Å². The van der Waals surface area contributed by atoms with Gasteiger partial charge in [0, 0.05) is 32.1 Å². The number of aromatic nitrogens is 4. The number of anilines is 1. The molecule has 0 radical (unpaired) electrons. The summed E-state index contributed by atoms with van der Waals surface area (Å²) in [5.74, 6) is 1.76. The summed E-state index contributed by atoms with van der Waals surface area (Å²) in [6.07, 6.45) is 3.18. The SMILES string of the molecule is Cn1c(-c2ccc3ccccc3n2)nnc1N1CCC[C@@H](CNS(C)(=O)=O)C1. The van der Waals surface area contributed by atoms with Gasteiger partial charge < -0.3 is 4.90 Å². The summed E-state index contributed by atoms with van der Waals surface area (Å²) in [7, 11) is -1.23. The van der Waals surface area contributed by atoms with Crippen LogP contribution in [-0.2, 0) is 17.1 Å². The van der Waals surface area contributed by atoms with Gasteiger partial charge in [-0.05, 0) is 30.9 Å². The molecule has 0 unspecified atom stereocenters. The number of para-hydroxylation sites is 1. The van der Waals surface area contributed by atoms with Gasteiger partial charge in [-0.2, -0.15) is 0 Å². The molecule has 1 aliphatic rings. The molecule has 28 heavy (non-hydrogen) atoms. The second kappa shape index (κ2) is 7.48. The summed E-state index contributed by atoms with van der Waals surface area (Å²) in [6.45, 7) is 2.08. The van der Waals surface area contributed by atoms with Crippen molar-refractivity contribution in [3.8, 4) is 11.5 Å². The Morgan fingerprint density at radius 1 is 1.18 bits per heavy atom. The van der Waals surface area contributed by atoms with E-state index >= 15 is 0 Å². The normalized spacial score (nSPS) is 17.9. The number of hydrogen-bond acceptors (Lipinski definition) is 6. The number of nitrogens with one attached hydrogen (secondary N) is 1. The number of pyridine rings is 1. The van der Waals surface area contributed by atoms with Gasteiger partial charge in [0.1, 0.15) is 5.69 Å². The number of nitrogens with zero attached hydrogens (tertiary/aromatic N) is 5. The van der Waals surface area contributed by atoms with E-state index in [2.05, 4.69) is 19.8 Å². The zero-order chi connectivity index (χ0) is 19.7. The van der Waals surface area contributed by atoms with Crippen LogP contribution in [0.15, 0.2) is 36.4 Å². The maximum atomic E-state index is 11.4. The Bertz CT molecular complexity index is 1090. The van der Waals surface area contributed by atoms with Gasteiger partial charge in [-0.25, -0.2) is 18.1 Å². The van der Waals surface area contributed by atoms with Crippen molar-refractivity contribution in [2.75, 3.05) is 30.8 Å². The summed E-state index contributed by atoms with van der Waals surface area (Å²) in [5.41, 5.74) is 1.71. The first kappa shape index (κ1) is 18.8. The number of fused-ring (bicyclic) bond motifs is 1. The van der Waals surface area contributed by atoms with Crippen LogP contribution >= 0.6 is 0 Å². The highest BCUT2D eigenvalue weighted by Gasteiger charge is 2.25. The molecule has 9 heteroatoms. The molecule has 0 spiro atoms. The standard InChI is InChI=1S/C19H24N6O2S/c1-24-18(17-10-9-15-7-3-4-8-16(15)21-17)22-23-19(24)25-11-5-6-14(13-25)12-20-28(2,26)27/h3-4,7-10,14,20H,5-6,11-13H2,1-2H3/t14-/m0/s1. The summed E-state index contributed by atoms with van der Waals surface area (Å²) in [4.78, 5) is 6.89. The largest absolute Gasteiger partial charge is 0.341 e. The molecule has 148 valence electrons. The van der Waals surface area contributed by atoms with E-state index in [-0.39, 0.29) is 5.92 Å². The smallest absolute Gasteiger partial charge is 0.227 e. The Balaban J connectivity index is 1.55. The number of benzene rings is 1. The second-order valence-corrected chi connectivity index (χ2v) is 9.18. The number of rotatable bonds is 5. The molecule has 0 amide bonds. The van der Waals surface area contributed by atoms with Gasteiger partial charge in [0.05, 0.1) is 11.8 Å². The molecule has 1 aliphatic heterocycles. The third kappa shape index (κ3) is 4.00. The predicted octanol–water partition coefficient (Wildman–Crippen LogP) is 1.80. The Morgan fingerprint density at radius 2 is 2.00 bits per heavy atom. The van der Waals surface area contributed by atoms with Crippen LogP contribution < -0.4 is 9.62 Å². The van der Waals surface area contributed by atoms with E-state index in [1.54, 1.807) is 0 Å². The fourth-order valence-electron chi connectivity index (χ4n) is 3.69. The highest BCUT2D eigenvalue weighted by molar-refractivity contribution is 7.88. The zero-order valence-corrected chi connectivity index (χ0v) is 16.9. The van der Waals surface area contributed by atoms with Crippen molar-refractivity contribution >= 4 is 26.9 Å². The zero-order valence-electron chi connectivity index (χ0n) is 16.0. The molecule has 0 bridgehead atoms. The lowest BCUT2D eigenvalue weighted by Gasteiger charge is -2.33. The van der Waals surface area contributed by atoms with E-state index in [1.165, 1.54) is 6.26 Å². The lowest BCUT2D eigenvalue weighted by Crippen LogP contribution is -2.41. The van der Waals surface area contributed by atoms with Gasteiger partial charge in [-0.1, -0.05) is 24.3 Å². The summed E-state index contributed by atoms with van der Waals surface area (Å²) >= 11 is 0. The number of sulfonamides is 1. The maximum Gasteiger partial charge on any atom is 0.227 e. The van der Waals surface area contributed by atoms with Gasteiger partial charge >= 0.3 is 0 Å². The topological polar surface area (TPSA) is 93.0 Å². The van der Waals surface area contributed by atoms with Crippen molar-refractivity contribution in [1.82, 2.24) is 24.5 Å². The molecular weight excluding hydrogens is 376 g/mol. The Morgan fingerprint density at radius 3 is 2.82 bits per heavy atom. The molecule has 3 heterocycles. The van der Waals surface area contributed by atoms with Crippen molar-refractivity contribution in [2.24, 2.45) is 13.0 Å². The van der Waals surface area contributed by atoms with E-state index < -0.39 is 10.0 Å². The van der Waals surface area contributed by atoms with Crippen LogP contribution in [0.1, 0.15) is 12.8 Å². The van der Waals surface area contributed by atoms with E-state index in [4.69, 9.17) is 4.98 Å². The van der Waals surface area contributed by atoms with Gasteiger partial charge in [0.2, 0.25) is 16.0 Å². The molecule has 1 atom stereocenters. The molecule has 0 aliphatic carbocycles. The van der Waals surface area contributed by atoms with E-state index in [1.807, 2.05) is 48.0 Å². The summed E-state index contributed by atoms with van der Waals surface area (Å²) in [6, 6.07) is 12.0. The lowest BCUT2D eigenvalue weighted by molar-refractivity contribution is 0.406. The van der Waals surface area contributed by atoms with Crippen molar-refractivity contribution < 1.29 is 8.42 Å². The summed E-state index contributed by atoms with van der Waals surface area (Å²) in [5, 5.41) is 9.86. The minimum Gasteiger partial charge on any atom is -0.341 e. The Kier molecular flexibility index (Phi) is 5.03. The highest BCUT2D eigenvalue weighted by atomic mass is 32.2. The van der Waals surface area contributed by atoms with Gasteiger partial charge in [0.25, 0.3) is 0 Å². The fraction of sp³-hybridized carbons (Fsp3) is 0.421. The molecule has 8 nitrogen and oxygen atoms in total. The highest BCUT2D eigenvalue weighted by Crippen LogP contribution is 2.25. The van der Waals surface area contributed by atoms with E-state index in [0.717, 1.165) is 54.3 Å². The average Bonchev–Trinajstić information content (AvgIpc) is 3.07. The van der Waals surface area contributed by atoms with Crippen molar-refractivity contribution in [3.63, 3.8) is 0 Å². The molecule has 4 rings (SSSR count). The first-order chi connectivity index (χ1) is 13.4. The maximum absolute atomic E-state index is 11.4. The van der Waals surface area contributed by atoms with Crippen LogP contribution in [0, 0.1) is 5.92 Å². The van der Waals surface area contributed by atoms with Crippen molar-refractivity contribution in [1.29, 1.82) is 0 Å². The van der Waals surface area contributed by atoms with Gasteiger partial charge in [-0.3, -0.25) is 4.57 Å². The number of hydrogen-bond donors (Lipinski definition) is 1. The van der Waals surface area contributed by atoms with E-state index in [9.17, 15) is 8.42 Å². The molecule has 2 aromatic heterocycles. The number of piperidine rings is 1. The van der Waals surface area contributed by atoms with Gasteiger partial charge in [-0.15, -0.1) is 10.2 Å². The molecule has 1 saturated heterocycles. The quantitative estimate of drug-likeness (QED) is 0.702. The second-order valence-electron chi connectivity index (χ2n) is 7.35. The first-order valence-corrected chi connectivity index (χ1v) is 11.2. The van der Waals surface area contributed by atoms with Crippen LogP contribution in [0.4, 0.5) is 5.95 Å². The van der Waals surface area contributed by atoms with E-state index in [0.29, 0.717) is 6.54 Å². The molecule has 0 saturated carbocycles. The Hall–Kier alpha value is -2.52. The van der Waals surface area contributed by atoms with Crippen LogP contribution in [0.2, 0.25) is 0 Å². The van der Waals surface area contributed by atoms with Crippen LogP contribution in [-0.4, -0.2) is 54.1 Å². The fourth-order valence-corrected chi connectivity index (χ4v) is 4.23. The van der Waals surface area contributed by atoms with Crippen molar-refractivity contribution in [2.45, 2.75) is 12.8 Å². The average molecular weight is 401 g/mol. The molecular formula is C19H24N6O2S. The predicted molar refractivity (Wildman–Crippen MR) is 110 cm³/mol. The monoisotopic (exact) mass is 400 g/mol. The van der Waals surface area contributed by atoms with Crippen LogP contribution in [0.25, 0.3) is 22.4 Å². The minimum absolute atomic E-state index is 0.252. The molecule has 3 aromatic rings. The van der Waals surface area contributed by atoms with Crippen molar-refractivity contribution in [3.05, 3.63) is 36.4 Å². The third-order valence-electron chi connectivity index (χ3n) is 5.12. The third-order valence-corrected chi connectivity index (χ3v) is 5.81. The lowest BCUT2D eigenvalue weighted by atomic mass is 9.99. The molecule has 1 fully saturated rings. The minimum atomic E-state index is -3.17. The van der Waals surface area contributed by atoms with Gasteiger partial charge in [0.15, 0.2) is 5.82 Å². The van der Waals surface area contributed by atoms with Crippen LogP contribution in [0.3, 0.4) is 0 Å². The first-order valence-electron chi connectivity index (χ1n) is 9.36. The Labute approximate surface area is 164 Å². The summed E-state index contributed by atoms with van der Waals surface area (Å²) < 4.78 is 27.3. The molecule has 1 aromatic carbocycles.